The van der Waals surface area contributed by atoms with Gasteiger partial charge >= 0.3 is 0 Å². The van der Waals surface area contributed by atoms with Crippen LogP contribution in [0.4, 0.5) is 5.69 Å². The Morgan fingerprint density at radius 3 is 2.65 bits per heavy atom. The highest BCUT2D eigenvalue weighted by Crippen LogP contribution is 2.30. The zero-order chi connectivity index (χ0) is 21.6. The molecule has 2 aliphatic heterocycles. The van der Waals surface area contributed by atoms with Crippen molar-refractivity contribution in [1.29, 1.82) is 0 Å². The van der Waals surface area contributed by atoms with Crippen molar-refractivity contribution in [3.63, 3.8) is 0 Å². The standard InChI is InChI=1S/C23H23N5O3/c1-15-16-7-2-3-8-17(16)22(31)28(26-15)13-20(29)27-12-6-11-23(14-27)24-19-10-5-4-9-18(19)21(30)25-23/h2-5,7-10,24H,6,11-14H2,1H3,(H,25,30). The third-order valence-corrected chi connectivity index (χ3v) is 6.08. The number of amides is 2. The maximum Gasteiger partial charge on any atom is 0.275 e. The lowest BCUT2D eigenvalue weighted by atomic mass is 9.93. The van der Waals surface area contributed by atoms with Crippen molar-refractivity contribution in [2.24, 2.45) is 0 Å². The van der Waals surface area contributed by atoms with E-state index in [-0.39, 0.29) is 23.9 Å². The predicted molar refractivity (Wildman–Crippen MR) is 117 cm³/mol. The summed E-state index contributed by atoms with van der Waals surface area (Å²) < 4.78 is 1.24. The third kappa shape index (κ3) is 3.34. The van der Waals surface area contributed by atoms with Gasteiger partial charge in [0.1, 0.15) is 12.2 Å². The SMILES string of the molecule is Cc1nn(CC(=O)N2CCCC3(C2)NC(=O)c2ccccc2N3)c(=O)c2ccccc12. The molecule has 0 saturated carbocycles. The molecule has 31 heavy (non-hydrogen) atoms. The molecule has 3 heterocycles. The summed E-state index contributed by atoms with van der Waals surface area (Å²) in [5, 5.41) is 12.2. The number of nitrogens with one attached hydrogen (secondary N) is 2. The van der Waals surface area contributed by atoms with Crippen LogP contribution in [0.5, 0.6) is 0 Å². The second kappa shape index (κ2) is 7.23. The van der Waals surface area contributed by atoms with E-state index in [0.717, 1.165) is 17.5 Å². The lowest BCUT2D eigenvalue weighted by molar-refractivity contribution is -0.134. The highest BCUT2D eigenvalue weighted by Gasteiger charge is 2.42. The van der Waals surface area contributed by atoms with Crippen LogP contribution in [0.1, 0.15) is 28.9 Å². The average molecular weight is 417 g/mol. The predicted octanol–water partition coefficient (Wildman–Crippen LogP) is 1.88. The largest absolute Gasteiger partial charge is 0.361 e. The summed E-state index contributed by atoms with van der Waals surface area (Å²) in [4.78, 5) is 40.3. The van der Waals surface area contributed by atoms with Crippen LogP contribution in [0.15, 0.2) is 53.3 Å². The molecular formula is C23H23N5O3. The van der Waals surface area contributed by atoms with Gasteiger partial charge in [0.05, 0.1) is 23.2 Å². The second-order valence-electron chi connectivity index (χ2n) is 8.22. The van der Waals surface area contributed by atoms with Gasteiger partial charge in [0.2, 0.25) is 5.91 Å². The van der Waals surface area contributed by atoms with Gasteiger partial charge in [0, 0.05) is 17.6 Å². The number of hydrogen-bond acceptors (Lipinski definition) is 5. The molecule has 1 fully saturated rings. The van der Waals surface area contributed by atoms with E-state index in [1.54, 1.807) is 23.1 Å². The second-order valence-corrected chi connectivity index (χ2v) is 8.22. The molecule has 2 N–H and O–H groups in total. The zero-order valence-electron chi connectivity index (χ0n) is 17.2. The number of carbonyl (C=O) groups excluding carboxylic acids is 2. The van der Waals surface area contributed by atoms with Crippen LogP contribution in [-0.4, -0.2) is 45.2 Å². The van der Waals surface area contributed by atoms with E-state index >= 15 is 0 Å². The van der Waals surface area contributed by atoms with Gasteiger partial charge in [-0.25, -0.2) is 4.68 Å². The Kier molecular flexibility index (Phi) is 4.50. The summed E-state index contributed by atoms with van der Waals surface area (Å²) in [5.41, 5.74) is 1.08. The molecule has 2 amide bonds. The highest BCUT2D eigenvalue weighted by atomic mass is 16.2. The van der Waals surface area contributed by atoms with Crippen LogP contribution >= 0.6 is 0 Å². The summed E-state index contributed by atoms with van der Waals surface area (Å²) in [6.07, 6.45) is 1.45. The first-order chi connectivity index (χ1) is 15.0. The van der Waals surface area contributed by atoms with Crippen molar-refractivity contribution in [2.75, 3.05) is 18.4 Å². The fourth-order valence-electron chi connectivity index (χ4n) is 4.58. The maximum atomic E-state index is 13.1. The molecule has 0 bridgehead atoms. The smallest absolute Gasteiger partial charge is 0.275 e. The maximum absolute atomic E-state index is 13.1. The number of para-hydroxylation sites is 1. The first kappa shape index (κ1) is 19.3. The van der Waals surface area contributed by atoms with Crippen LogP contribution in [0.2, 0.25) is 0 Å². The van der Waals surface area contributed by atoms with Gasteiger partial charge < -0.3 is 15.5 Å². The van der Waals surface area contributed by atoms with E-state index in [0.29, 0.717) is 36.2 Å². The van der Waals surface area contributed by atoms with Crippen molar-refractivity contribution < 1.29 is 9.59 Å². The molecule has 3 aromatic rings. The molecule has 2 aliphatic rings. The number of likely N-dealkylation sites (tertiary alicyclic amines) is 1. The number of nitrogens with zero attached hydrogens (tertiary/aromatic N) is 3. The molecule has 8 nitrogen and oxygen atoms in total. The van der Waals surface area contributed by atoms with Crippen molar-refractivity contribution in [1.82, 2.24) is 20.0 Å². The van der Waals surface area contributed by atoms with Crippen molar-refractivity contribution in [3.8, 4) is 0 Å². The minimum Gasteiger partial charge on any atom is -0.361 e. The molecule has 1 saturated heterocycles. The summed E-state index contributed by atoms with van der Waals surface area (Å²) in [6.45, 7) is 2.59. The van der Waals surface area contributed by atoms with Crippen LogP contribution < -0.4 is 16.2 Å². The van der Waals surface area contributed by atoms with Gasteiger partial charge in [-0.1, -0.05) is 30.3 Å². The quantitative estimate of drug-likeness (QED) is 0.664. The van der Waals surface area contributed by atoms with Crippen LogP contribution in [0.25, 0.3) is 10.8 Å². The van der Waals surface area contributed by atoms with E-state index in [1.807, 2.05) is 37.3 Å². The molecule has 1 spiro atoms. The van der Waals surface area contributed by atoms with E-state index in [1.165, 1.54) is 4.68 Å². The number of fused-ring (bicyclic) bond motifs is 2. The van der Waals surface area contributed by atoms with Crippen molar-refractivity contribution in [3.05, 3.63) is 70.1 Å². The summed E-state index contributed by atoms with van der Waals surface area (Å²) in [6, 6.07) is 14.6. The number of hydrogen-bond donors (Lipinski definition) is 2. The number of piperidine rings is 1. The van der Waals surface area contributed by atoms with Gasteiger partial charge in [0.25, 0.3) is 11.5 Å². The molecular weight excluding hydrogens is 394 g/mol. The fourth-order valence-corrected chi connectivity index (χ4v) is 4.58. The minimum absolute atomic E-state index is 0.134. The van der Waals surface area contributed by atoms with E-state index in [4.69, 9.17) is 0 Å². The first-order valence-electron chi connectivity index (χ1n) is 10.4. The van der Waals surface area contributed by atoms with Gasteiger partial charge in [-0.05, 0) is 38.0 Å². The van der Waals surface area contributed by atoms with Gasteiger partial charge in [0.15, 0.2) is 0 Å². The number of anilines is 1. The van der Waals surface area contributed by atoms with Gasteiger partial charge in [-0.2, -0.15) is 5.10 Å². The molecule has 2 aromatic carbocycles. The molecule has 158 valence electrons. The number of benzene rings is 2. The highest BCUT2D eigenvalue weighted by molar-refractivity contribution is 6.02. The molecule has 1 aromatic heterocycles. The first-order valence-corrected chi connectivity index (χ1v) is 10.4. The van der Waals surface area contributed by atoms with Crippen molar-refractivity contribution >= 4 is 28.3 Å². The average Bonchev–Trinajstić information content (AvgIpc) is 2.77. The Balaban J connectivity index is 1.39. The Morgan fingerprint density at radius 2 is 1.81 bits per heavy atom. The Morgan fingerprint density at radius 1 is 1.06 bits per heavy atom. The van der Waals surface area contributed by atoms with Crippen molar-refractivity contribution in [2.45, 2.75) is 32.0 Å². The number of aromatic nitrogens is 2. The fraction of sp³-hybridized carbons (Fsp3) is 0.304. The summed E-state index contributed by atoms with van der Waals surface area (Å²) >= 11 is 0. The lowest BCUT2D eigenvalue weighted by Gasteiger charge is -2.46. The summed E-state index contributed by atoms with van der Waals surface area (Å²) in [7, 11) is 0. The van der Waals surface area contributed by atoms with Crippen LogP contribution in [0, 0.1) is 6.92 Å². The van der Waals surface area contributed by atoms with Crippen LogP contribution in [0.3, 0.4) is 0 Å². The van der Waals surface area contributed by atoms with E-state index < -0.39 is 5.66 Å². The third-order valence-electron chi connectivity index (χ3n) is 6.08. The molecule has 5 rings (SSSR count). The zero-order valence-corrected chi connectivity index (χ0v) is 17.2. The molecule has 8 heteroatoms. The molecule has 1 atom stereocenters. The molecule has 0 radical (unpaired) electrons. The molecule has 0 aliphatic carbocycles. The lowest BCUT2D eigenvalue weighted by Crippen LogP contribution is -2.66. The van der Waals surface area contributed by atoms with Crippen LogP contribution in [-0.2, 0) is 11.3 Å². The van der Waals surface area contributed by atoms with E-state index in [2.05, 4.69) is 15.7 Å². The number of carbonyl (C=O) groups is 2. The Bertz CT molecular complexity index is 1270. The topological polar surface area (TPSA) is 96.3 Å². The normalized spacial score (nSPS) is 20.3. The van der Waals surface area contributed by atoms with Gasteiger partial charge in [-0.15, -0.1) is 0 Å². The Hall–Kier alpha value is -3.68. The number of rotatable bonds is 2. The summed E-state index contributed by atoms with van der Waals surface area (Å²) in [5.74, 6) is -0.343. The monoisotopic (exact) mass is 417 g/mol. The minimum atomic E-state index is -0.711. The van der Waals surface area contributed by atoms with E-state index in [9.17, 15) is 14.4 Å². The van der Waals surface area contributed by atoms with Gasteiger partial charge in [-0.3, -0.25) is 14.4 Å². The molecule has 1 unspecified atom stereocenters. The number of aryl methyl sites for hydroxylation is 1. The Labute approximate surface area is 178 Å².